The van der Waals surface area contributed by atoms with Gasteiger partial charge in [0.15, 0.2) is 0 Å². The van der Waals surface area contributed by atoms with Crippen LogP contribution in [0.3, 0.4) is 0 Å². The van der Waals surface area contributed by atoms with Gasteiger partial charge in [0.1, 0.15) is 22.3 Å². The Balaban J connectivity index is 0.856. The van der Waals surface area contributed by atoms with E-state index in [2.05, 4.69) is 224 Å². The zero-order chi connectivity index (χ0) is 46.7. The van der Waals surface area contributed by atoms with Crippen molar-refractivity contribution in [2.24, 2.45) is 0 Å². The molecule has 0 saturated heterocycles. The standard InChI is InChI=1S/C66H51NO2/c1-63(2)48-28-29-58-61(43-19-13-15-21-57(43)68-58)59(48)46-34-52-44(32-54(46)63)39-24-22-37(30-50(39)65(52,5)6)67(36-16-10-9-11-17-36)38-23-25-40-45-33-55-47(35-53(45)66(7,8)51(40)31-38)60-49(64(55,3)4)27-26-42-41-18-12-14-20-56(41)69-62(42)60/h9-35H,1-8H3. The van der Waals surface area contributed by atoms with Crippen LogP contribution in [0.5, 0.6) is 0 Å². The third-order valence-corrected chi connectivity index (χ3v) is 17.4. The second-order valence-electron chi connectivity index (χ2n) is 22.4. The molecule has 0 atom stereocenters. The van der Waals surface area contributed by atoms with Gasteiger partial charge in [-0.2, -0.15) is 0 Å². The fourth-order valence-corrected chi connectivity index (χ4v) is 13.8. The highest BCUT2D eigenvalue weighted by Gasteiger charge is 2.45. The van der Waals surface area contributed by atoms with Crippen molar-refractivity contribution in [3.63, 3.8) is 0 Å². The molecule has 0 saturated carbocycles. The minimum absolute atomic E-state index is 0.161. The number of anilines is 3. The number of rotatable bonds is 3. The summed E-state index contributed by atoms with van der Waals surface area (Å²) in [5.41, 5.74) is 27.9. The Morgan fingerprint density at radius 3 is 1.39 bits per heavy atom. The Kier molecular flexibility index (Phi) is 7.26. The van der Waals surface area contributed by atoms with Gasteiger partial charge in [0.05, 0.1) is 0 Å². The fraction of sp³-hybridized carbons (Fsp3) is 0.182. The van der Waals surface area contributed by atoms with Crippen molar-refractivity contribution < 1.29 is 8.83 Å². The molecule has 4 aliphatic carbocycles. The Bertz CT molecular complexity index is 4130. The van der Waals surface area contributed by atoms with E-state index >= 15 is 0 Å². The van der Waals surface area contributed by atoms with E-state index in [0.717, 1.165) is 39.4 Å². The first-order chi connectivity index (χ1) is 33.2. The third-order valence-electron chi connectivity index (χ3n) is 17.4. The fourth-order valence-electron chi connectivity index (χ4n) is 13.8. The van der Waals surface area contributed by atoms with Crippen LogP contribution in [0, 0.1) is 0 Å². The lowest BCUT2D eigenvalue weighted by Gasteiger charge is -2.29. The SMILES string of the molecule is CC1(C)c2cc(N(c3ccccc3)c3ccc4c(c3)C(C)(C)c3cc5c(cc3-4)C(C)(C)c3ccc4oc6ccccc6c4c3-5)ccc2-c2cc3c(cc21)-c1c(ccc2c1oc1ccccc12)C3(C)C. The molecule has 0 radical (unpaired) electrons. The van der Waals surface area contributed by atoms with Crippen LogP contribution >= 0.6 is 0 Å². The highest BCUT2D eigenvalue weighted by Crippen LogP contribution is 2.61. The molecule has 2 aromatic heterocycles. The zero-order valence-corrected chi connectivity index (χ0v) is 40.4. The number of fused-ring (bicyclic) bond motifs is 20. The monoisotopic (exact) mass is 889 g/mol. The van der Waals surface area contributed by atoms with E-state index in [1.165, 1.54) is 111 Å². The van der Waals surface area contributed by atoms with Crippen LogP contribution in [0.1, 0.15) is 99.9 Å². The molecule has 3 heteroatoms. The molecule has 2 heterocycles. The summed E-state index contributed by atoms with van der Waals surface area (Å²) in [6.45, 7) is 19.2. The largest absolute Gasteiger partial charge is 0.456 e. The lowest BCUT2D eigenvalue weighted by molar-refractivity contribution is 0.649. The predicted octanol–water partition coefficient (Wildman–Crippen LogP) is 18.2. The summed E-state index contributed by atoms with van der Waals surface area (Å²) in [6, 6.07) is 61.5. The quantitative estimate of drug-likeness (QED) is 0.177. The minimum atomic E-state index is -0.241. The smallest absolute Gasteiger partial charge is 0.143 e. The van der Waals surface area contributed by atoms with Crippen molar-refractivity contribution in [3.8, 4) is 44.5 Å². The van der Waals surface area contributed by atoms with E-state index in [1.807, 2.05) is 0 Å². The maximum atomic E-state index is 6.72. The lowest BCUT2D eigenvalue weighted by atomic mass is 9.79. The van der Waals surface area contributed by atoms with Crippen LogP contribution in [0.4, 0.5) is 17.1 Å². The van der Waals surface area contributed by atoms with Crippen LogP contribution in [0.15, 0.2) is 173 Å². The first kappa shape index (κ1) is 39.4. The number of benzene rings is 9. The molecule has 0 amide bonds. The van der Waals surface area contributed by atoms with Gasteiger partial charge >= 0.3 is 0 Å². The van der Waals surface area contributed by atoms with Crippen LogP contribution in [-0.2, 0) is 21.7 Å². The first-order valence-corrected chi connectivity index (χ1v) is 24.7. The van der Waals surface area contributed by atoms with Gasteiger partial charge in [-0.15, -0.1) is 0 Å². The van der Waals surface area contributed by atoms with E-state index in [4.69, 9.17) is 8.83 Å². The average molecular weight is 890 g/mol. The Labute approximate surface area is 402 Å². The molecular weight excluding hydrogens is 839 g/mol. The molecule has 69 heavy (non-hydrogen) atoms. The van der Waals surface area contributed by atoms with E-state index < -0.39 is 0 Å². The highest BCUT2D eigenvalue weighted by molar-refractivity contribution is 6.16. The van der Waals surface area contributed by atoms with Crippen LogP contribution in [0.2, 0.25) is 0 Å². The Hall–Kier alpha value is -7.62. The number of nitrogens with zero attached hydrogens (tertiary/aromatic N) is 1. The molecule has 332 valence electrons. The van der Waals surface area contributed by atoms with Crippen LogP contribution in [0.25, 0.3) is 88.4 Å². The molecule has 11 aromatic rings. The molecule has 4 aliphatic rings. The summed E-state index contributed by atoms with van der Waals surface area (Å²) in [5, 5.41) is 4.77. The molecule has 0 aliphatic heterocycles. The zero-order valence-electron chi connectivity index (χ0n) is 40.4. The van der Waals surface area contributed by atoms with Gasteiger partial charge in [-0.25, -0.2) is 0 Å². The lowest BCUT2D eigenvalue weighted by Crippen LogP contribution is -2.18. The number of hydrogen-bond acceptors (Lipinski definition) is 3. The summed E-state index contributed by atoms with van der Waals surface area (Å²) < 4.78 is 13.2. The summed E-state index contributed by atoms with van der Waals surface area (Å²) in [5.74, 6) is 0. The number of furan rings is 2. The van der Waals surface area contributed by atoms with E-state index in [-0.39, 0.29) is 21.7 Å². The summed E-state index contributed by atoms with van der Waals surface area (Å²) in [6.07, 6.45) is 0. The second-order valence-corrected chi connectivity index (χ2v) is 22.4. The molecule has 3 nitrogen and oxygen atoms in total. The number of hydrogen-bond donors (Lipinski definition) is 0. The summed E-state index contributed by atoms with van der Waals surface area (Å²) >= 11 is 0. The minimum Gasteiger partial charge on any atom is -0.456 e. The van der Waals surface area contributed by atoms with Crippen molar-refractivity contribution >= 4 is 60.9 Å². The van der Waals surface area contributed by atoms with Crippen LogP contribution < -0.4 is 4.90 Å². The molecule has 0 N–H and O–H groups in total. The highest BCUT2D eigenvalue weighted by atomic mass is 16.3. The van der Waals surface area contributed by atoms with Gasteiger partial charge in [0.25, 0.3) is 0 Å². The van der Waals surface area contributed by atoms with Gasteiger partial charge in [0, 0.05) is 65.8 Å². The summed E-state index contributed by atoms with van der Waals surface area (Å²) in [7, 11) is 0. The van der Waals surface area contributed by atoms with Crippen molar-refractivity contribution in [1.82, 2.24) is 0 Å². The summed E-state index contributed by atoms with van der Waals surface area (Å²) in [4.78, 5) is 2.47. The average Bonchev–Trinajstić information content (AvgIpc) is 4.13. The number of para-hydroxylation sites is 3. The van der Waals surface area contributed by atoms with E-state index in [0.29, 0.717) is 0 Å². The van der Waals surface area contributed by atoms with E-state index in [1.54, 1.807) is 0 Å². The van der Waals surface area contributed by atoms with Gasteiger partial charge in [0.2, 0.25) is 0 Å². The van der Waals surface area contributed by atoms with Gasteiger partial charge < -0.3 is 13.7 Å². The Morgan fingerprint density at radius 2 is 0.768 bits per heavy atom. The van der Waals surface area contributed by atoms with Crippen molar-refractivity contribution in [2.45, 2.75) is 77.0 Å². The van der Waals surface area contributed by atoms with Crippen molar-refractivity contribution in [2.75, 3.05) is 4.90 Å². The maximum Gasteiger partial charge on any atom is 0.143 e. The normalized spacial score (nSPS) is 16.6. The van der Waals surface area contributed by atoms with Gasteiger partial charge in [-0.05, 0) is 162 Å². The molecule has 0 fully saturated rings. The van der Waals surface area contributed by atoms with Gasteiger partial charge in [-0.3, -0.25) is 0 Å². The predicted molar refractivity (Wildman–Crippen MR) is 286 cm³/mol. The molecule has 9 aromatic carbocycles. The molecule has 0 spiro atoms. The molecular formula is C66H51NO2. The first-order valence-electron chi connectivity index (χ1n) is 24.7. The van der Waals surface area contributed by atoms with Gasteiger partial charge in [-0.1, -0.05) is 140 Å². The molecule has 0 unspecified atom stereocenters. The van der Waals surface area contributed by atoms with Crippen LogP contribution in [-0.4, -0.2) is 0 Å². The third kappa shape index (κ3) is 4.83. The van der Waals surface area contributed by atoms with Crippen molar-refractivity contribution in [1.29, 1.82) is 0 Å². The molecule has 15 rings (SSSR count). The topological polar surface area (TPSA) is 29.5 Å². The Morgan fingerprint density at radius 1 is 0.304 bits per heavy atom. The molecule has 0 bridgehead atoms. The van der Waals surface area contributed by atoms with E-state index in [9.17, 15) is 0 Å². The van der Waals surface area contributed by atoms with Crippen molar-refractivity contribution in [3.05, 3.63) is 208 Å². The maximum absolute atomic E-state index is 6.72. The second kappa shape index (κ2) is 12.7.